The topological polar surface area (TPSA) is 0 Å². The maximum Gasteiger partial charge on any atom is -0.00297 e. The Labute approximate surface area is 89.4 Å². The Morgan fingerprint density at radius 3 is 1.93 bits per heavy atom. The molecule has 0 spiro atoms. The summed E-state index contributed by atoms with van der Waals surface area (Å²) in [4.78, 5) is 0. The summed E-state index contributed by atoms with van der Waals surface area (Å²) in [5.74, 6) is 2.25. The van der Waals surface area contributed by atoms with E-state index in [1.807, 2.05) is 13.8 Å². The van der Waals surface area contributed by atoms with Crippen molar-refractivity contribution in [3.05, 3.63) is 35.9 Å². The molecule has 0 aliphatic carbocycles. The minimum absolute atomic E-state index is 1.21. The van der Waals surface area contributed by atoms with Gasteiger partial charge in [0.1, 0.15) is 0 Å². The second-order valence-electron chi connectivity index (χ2n) is 2.52. The summed E-state index contributed by atoms with van der Waals surface area (Å²) in [7, 11) is 0. The lowest BCUT2D eigenvalue weighted by Gasteiger charge is -1.93. The van der Waals surface area contributed by atoms with Crippen molar-refractivity contribution in [2.45, 2.75) is 40.5 Å². The molecule has 0 atom stereocenters. The van der Waals surface area contributed by atoms with Crippen molar-refractivity contribution in [1.82, 2.24) is 0 Å². The number of aryl methyl sites for hydroxylation is 1. The third-order valence-electron chi connectivity index (χ3n) is 1.38. The van der Waals surface area contributed by atoms with Gasteiger partial charge in [0, 0.05) is 0 Å². The Morgan fingerprint density at radius 1 is 1.14 bits per heavy atom. The maximum absolute atomic E-state index is 4.60. The molecule has 14 heavy (non-hydrogen) atoms. The lowest BCUT2D eigenvalue weighted by molar-refractivity contribution is 0.922. The minimum atomic E-state index is 1.21. The zero-order valence-electron chi connectivity index (χ0n) is 9.88. The number of hydrogen-bond acceptors (Lipinski definition) is 0. The quantitative estimate of drug-likeness (QED) is 0.610. The van der Waals surface area contributed by atoms with Crippen LogP contribution >= 0.6 is 0 Å². The van der Waals surface area contributed by atoms with Crippen LogP contribution in [-0.4, -0.2) is 0 Å². The fourth-order valence-electron chi connectivity index (χ4n) is 0.933. The van der Waals surface area contributed by atoms with Gasteiger partial charge in [0.2, 0.25) is 0 Å². The summed E-state index contributed by atoms with van der Waals surface area (Å²) in [5.41, 5.74) is 1.44. The van der Waals surface area contributed by atoms with Crippen LogP contribution in [0.1, 0.15) is 39.7 Å². The van der Waals surface area contributed by atoms with Crippen LogP contribution in [0, 0.1) is 12.3 Å². The smallest absolute Gasteiger partial charge is 0.00297 e. The van der Waals surface area contributed by atoms with E-state index in [1.165, 1.54) is 18.4 Å². The molecule has 1 aromatic carbocycles. The van der Waals surface area contributed by atoms with E-state index in [9.17, 15) is 0 Å². The number of benzene rings is 1. The highest BCUT2D eigenvalue weighted by molar-refractivity contribution is 5.14. The molecule has 78 valence electrons. The van der Waals surface area contributed by atoms with Crippen molar-refractivity contribution < 1.29 is 0 Å². The van der Waals surface area contributed by atoms with Gasteiger partial charge < -0.3 is 0 Å². The average Bonchev–Trinajstić information content (AvgIpc) is 2.24. The Kier molecular flexibility index (Phi) is 15.6. The lowest BCUT2D eigenvalue weighted by Crippen LogP contribution is -1.78. The van der Waals surface area contributed by atoms with E-state index in [0.29, 0.717) is 0 Å². The molecule has 0 fully saturated rings. The second-order valence-corrected chi connectivity index (χ2v) is 2.52. The lowest BCUT2D eigenvalue weighted by atomic mass is 10.1. The van der Waals surface area contributed by atoms with Gasteiger partial charge in [-0.3, -0.25) is 0 Å². The van der Waals surface area contributed by atoms with E-state index < -0.39 is 0 Å². The molecule has 0 aliphatic rings. The van der Waals surface area contributed by atoms with E-state index in [0.717, 1.165) is 0 Å². The zero-order chi connectivity index (χ0) is 11.2. The van der Waals surface area contributed by atoms with E-state index in [2.05, 4.69) is 49.6 Å². The van der Waals surface area contributed by atoms with Crippen LogP contribution in [0.2, 0.25) is 0 Å². The fourth-order valence-corrected chi connectivity index (χ4v) is 0.933. The van der Waals surface area contributed by atoms with Gasteiger partial charge in [0.05, 0.1) is 0 Å². The van der Waals surface area contributed by atoms with Gasteiger partial charge in [-0.1, -0.05) is 57.5 Å². The largest absolute Gasteiger partial charge is 0.120 e. The first kappa shape index (κ1) is 15.3. The monoisotopic (exact) mass is 190 g/mol. The van der Waals surface area contributed by atoms with Crippen LogP contribution < -0.4 is 0 Å². The van der Waals surface area contributed by atoms with Crippen LogP contribution in [0.25, 0.3) is 0 Å². The first-order valence-electron chi connectivity index (χ1n) is 5.26. The van der Waals surface area contributed by atoms with Crippen molar-refractivity contribution in [2.75, 3.05) is 0 Å². The van der Waals surface area contributed by atoms with E-state index in [-0.39, 0.29) is 0 Å². The standard InChI is InChI=1S/C9H12.C3H4.C2H6/c1-2-6-9-7-4-3-5-8-9;1-3-2;1-2/h3-5,7-8H,2,6H2,1H3;1H,2H3;1-2H3. The molecule has 0 N–H and O–H groups in total. The Bertz CT molecular complexity index is 216. The molecule has 1 rings (SSSR count). The Hall–Kier alpha value is -1.22. The van der Waals surface area contributed by atoms with Crippen molar-refractivity contribution in [2.24, 2.45) is 0 Å². The summed E-state index contributed by atoms with van der Waals surface area (Å²) in [6.07, 6.45) is 7.05. The summed E-state index contributed by atoms with van der Waals surface area (Å²) >= 11 is 0. The van der Waals surface area contributed by atoms with Crippen molar-refractivity contribution >= 4 is 0 Å². The van der Waals surface area contributed by atoms with E-state index in [1.54, 1.807) is 6.92 Å². The molecule has 0 nitrogen and oxygen atoms in total. The molecule has 0 radical (unpaired) electrons. The first-order chi connectivity index (χ1) is 6.85. The highest BCUT2D eigenvalue weighted by atomic mass is 13.9. The van der Waals surface area contributed by atoms with E-state index in [4.69, 9.17) is 0 Å². The van der Waals surface area contributed by atoms with Crippen molar-refractivity contribution in [1.29, 1.82) is 0 Å². The maximum atomic E-state index is 4.60. The summed E-state index contributed by atoms with van der Waals surface area (Å²) in [5, 5.41) is 0. The number of rotatable bonds is 2. The second kappa shape index (κ2) is 14.3. The van der Waals surface area contributed by atoms with Crippen LogP contribution in [0.15, 0.2) is 30.3 Å². The van der Waals surface area contributed by atoms with Gasteiger partial charge >= 0.3 is 0 Å². The van der Waals surface area contributed by atoms with Gasteiger partial charge in [-0.25, -0.2) is 0 Å². The van der Waals surface area contributed by atoms with E-state index >= 15 is 0 Å². The molecule has 0 heteroatoms. The predicted molar refractivity (Wildman–Crippen MR) is 66.3 cm³/mol. The molecule has 0 aliphatic heterocycles. The molecule has 0 amide bonds. The molecule has 0 saturated carbocycles. The van der Waals surface area contributed by atoms with Crippen LogP contribution in [-0.2, 0) is 6.42 Å². The molecule has 1 aromatic rings. The van der Waals surface area contributed by atoms with Crippen molar-refractivity contribution in [3.63, 3.8) is 0 Å². The van der Waals surface area contributed by atoms with Crippen LogP contribution in [0.5, 0.6) is 0 Å². The molecule has 0 aromatic heterocycles. The van der Waals surface area contributed by atoms with Gasteiger partial charge in [-0.15, -0.1) is 12.3 Å². The molecule has 0 heterocycles. The average molecular weight is 190 g/mol. The van der Waals surface area contributed by atoms with Gasteiger partial charge in [0.15, 0.2) is 0 Å². The SMILES string of the molecule is C#CC.CC.CCCc1ccccc1. The normalized spacial score (nSPS) is 7.07. The minimum Gasteiger partial charge on any atom is -0.120 e. The predicted octanol–water partition coefficient (Wildman–Crippen LogP) is 4.30. The van der Waals surface area contributed by atoms with Gasteiger partial charge in [0.25, 0.3) is 0 Å². The number of terminal acetylenes is 1. The summed E-state index contributed by atoms with van der Waals surface area (Å²) in [6, 6.07) is 10.6. The first-order valence-corrected chi connectivity index (χ1v) is 5.26. The Balaban J connectivity index is 0. The Morgan fingerprint density at radius 2 is 1.57 bits per heavy atom. The highest BCUT2D eigenvalue weighted by Gasteiger charge is 1.84. The third kappa shape index (κ3) is 10.8. The third-order valence-corrected chi connectivity index (χ3v) is 1.38. The molecule has 0 saturated heterocycles. The van der Waals surface area contributed by atoms with Gasteiger partial charge in [-0.05, 0) is 18.9 Å². The van der Waals surface area contributed by atoms with Crippen molar-refractivity contribution in [3.8, 4) is 12.3 Å². The van der Waals surface area contributed by atoms with Crippen LogP contribution in [0.3, 0.4) is 0 Å². The summed E-state index contributed by atoms with van der Waals surface area (Å²) in [6.45, 7) is 7.85. The highest BCUT2D eigenvalue weighted by Crippen LogP contribution is 2.00. The molecular formula is C14H22. The van der Waals surface area contributed by atoms with Gasteiger partial charge in [-0.2, -0.15) is 0 Å². The molecule has 0 unspecified atom stereocenters. The van der Waals surface area contributed by atoms with Crippen LogP contribution in [0.4, 0.5) is 0 Å². The molecule has 0 bridgehead atoms. The fraction of sp³-hybridized carbons (Fsp3) is 0.429. The zero-order valence-corrected chi connectivity index (χ0v) is 9.88. The summed E-state index contributed by atoms with van der Waals surface area (Å²) < 4.78 is 0. The number of hydrogen-bond donors (Lipinski definition) is 0. The molecular weight excluding hydrogens is 168 g/mol.